The zero-order valence-electron chi connectivity index (χ0n) is 13.9. The quantitative estimate of drug-likeness (QED) is 0.663. The van der Waals surface area contributed by atoms with Crippen LogP contribution in [0.5, 0.6) is 0 Å². The zero-order chi connectivity index (χ0) is 17.3. The van der Waals surface area contributed by atoms with Crippen molar-refractivity contribution in [1.82, 2.24) is 10.2 Å². The maximum atomic E-state index is 13.0. The van der Waals surface area contributed by atoms with E-state index in [4.69, 9.17) is 4.42 Å². The topological polar surface area (TPSA) is 79.6 Å². The van der Waals surface area contributed by atoms with Crippen LogP contribution in [-0.2, 0) is 20.9 Å². The predicted octanol–water partition coefficient (Wildman–Crippen LogP) is 1.34. The van der Waals surface area contributed by atoms with E-state index in [9.17, 15) is 14.4 Å². The van der Waals surface area contributed by atoms with Gasteiger partial charge in [0, 0.05) is 0 Å². The van der Waals surface area contributed by atoms with E-state index < -0.39 is 6.04 Å². The van der Waals surface area contributed by atoms with E-state index in [-0.39, 0.29) is 47.9 Å². The molecule has 0 radical (unpaired) electrons. The lowest BCUT2D eigenvalue weighted by atomic mass is 9.63. The minimum absolute atomic E-state index is 0.166. The summed E-state index contributed by atoms with van der Waals surface area (Å²) >= 11 is 0. The average molecular weight is 340 g/mol. The van der Waals surface area contributed by atoms with Gasteiger partial charge in [0.1, 0.15) is 11.8 Å². The molecule has 1 saturated heterocycles. The molecule has 1 aromatic heterocycles. The standard InChI is InChI=1S/C19H20N2O4/c1-9(17(22)20-8-10-3-2-6-25-10)21-18(23)15-11-4-5-12(14-7-13(11)14)16(15)19(21)24/h2-6,9,11-16H,7-8H2,1H3,(H,20,22)/t9-,11+,12+,13+,14+,15-,16+/m0/s1. The molecule has 2 bridgehead atoms. The fraction of sp³-hybridized carbons (Fsp3) is 0.526. The second-order valence-electron chi connectivity index (χ2n) is 7.67. The third-order valence-electron chi connectivity index (χ3n) is 6.48. The Labute approximate surface area is 145 Å². The summed E-state index contributed by atoms with van der Waals surface area (Å²) < 4.78 is 5.19. The summed E-state index contributed by atoms with van der Waals surface area (Å²) in [6.45, 7) is 1.87. The Balaban J connectivity index is 1.33. The van der Waals surface area contributed by atoms with Gasteiger partial charge in [-0.2, -0.15) is 0 Å². The molecule has 130 valence electrons. The van der Waals surface area contributed by atoms with Gasteiger partial charge in [0.15, 0.2) is 0 Å². The number of nitrogens with zero attached hydrogens (tertiary/aromatic N) is 1. The number of carbonyl (C=O) groups excluding carboxylic acids is 3. The van der Waals surface area contributed by atoms with Gasteiger partial charge < -0.3 is 9.73 Å². The first-order valence-corrected chi connectivity index (χ1v) is 8.93. The molecule has 0 spiro atoms. The second-order valence-corrected chi connectivity index (χ2v) is 7.67. The molecule has 1 aromatic rings. The van der Waals surface area contributed by atoms with Gasteiger partial charge in [-0.25, -0.2) is 0 Å². The van der Waals surface area contributed by atoms with Crippen molar-refractivity contribution in [2.24, 2.45) is 35.5 Å². The number of likely N-dealkylation sites (tertiary alicyclic amines) is 1. The van der Waals surface area contributed by atoms with Crippen molar-refractivity contribution in [3.63, 3.8) is 0 Å². The molecule has 2 heterocycles. The molecule has 6 heteroatoms. The van der Waals surface area contributed by atoms with E-state index >= 15 is 0 Å². The SMILES string of the molecule is C[C@@H](C(=O)NCc1ccco1)N1C(=O)[C@@H]2[C@@H]3C=C[C@H]([C@H]4C[C@H]34)[C@@H]2C1=O. The van der Waals surface area contributed by atoms with Gasteiger partial charge in [0.05, 0.1) is 24.6 Å². The molecule has 3 amide bonds. The number of amides is 3. The van der Waals surface area contributed by atoms with E-state index in [0.29, 0.717) is 17.6 Å². The van der Waals surface area contributed by atoms with Gasteiger partial charge >= 0.3 is 0 Å². The first kappa shape index (κ1) is 14.9. The van der Waals surface area contributed by atoms with Crippen LogP contribution in [0.4, 0.5) is 0 Å². The smallest absolute Gasteiger partial charge is 0.243 e. The summed E-state index contributed by atoms with van der Waals surface area (Å²) in [6.07, 6.45) is 6.94. The van der Waals surface area contributed by atoms with E-state index in [1.54, 1.807) is 19.1 Å². The van der Waals surface area contributed by atoms with Crippen molar-refractivity contribution in [3.05, 3.63) is 36.3 Å². The predicted molar refractivity (Wildman–Crippen MR) is 86.6 cm³/mol. The number of carbonyl (C=O) groups is 3. The summed E-state index contributed by atoms with van der Waals surface area (Å²) in [7, 11) is 0. The van der Waals surface area contributed by atoms with Crippen molar-refractivity contribution < 1.29 is 18.8 Å². The highest BCUT2D eigenvalue weighted by atomic mass is 16.3. The summed E-state index contributed by atoms with van der Waals surface area (Å²) in [4.78, 5) is 39.6. The first-order chi connectivity index (χ1) is 12.1. The van der Waals surface area contributed by atoms with E-state index in [0.717, 1.165) is 6.42 Å². The summed E-state index contributed by atoms with van der Waals surface area (Å²) in [5.41, 5.74) is 0. The minimum Gasteiger partial charge on any atom is -0.467 e. The highest BCUT2D eigenvalue weighted by Crippen LogP contribution is 2.65. The van der Waals surface area contributed by atoms with Gasteiger partial charge in [-0.1, -0.05) is 12.2 Å². The van der Waals surface area contributed by atoms with Gasteiger partial charge in [-0.3, -0.25) is 19.3 Å². The molecule has 1 aliphatic heterocycles. The number of imide groups is 1. The number of rotatable bonds is 4. The molecule has 1 N–H and O–H groups in total. The molecular weight excluding hydrogens is 320 g/mol. The van der Waals surface area contributed by atoms with Crippen LogP contribution in [0.25, 0.3) is 0 Å². The molecule has 3 fully saturated rings. The molecule has 6 nitrogen and oxygen atoms in total. The monoisotopic (exact) mass is 340 g/mol. The number of nitrogens with one attached hydrogen (secondary N) is 1. The van der Waals surface area contributed by atoms with Crippen molar-refractivity contribution >= 4 is 17.7 Å². The van der Waals surface area contributed by atoms with Crippen molar-refractivity contribution in [3.8, 4) is 0 Å². The number of allylic oxidation sites excluding steroid dienone is 2. The lowest BCUT2D eigenvalue weighted by molar-refractivity contribution is -0.147. The van der Waals surface area contributed by atoms with Crippen LogP contribution in [0.1, 0.15) is 19.1 Å². The largest absolute Gasteiger partial charge is 0.467 e. The van der Waals surface area contributed by atoms with Gasteiger partial charge in [0.25, 0.3) is 0 Å². The van der Waals surface area contributed by atoms with E-state index in [1.807, 2.05) is 0 Å². The molecule has 0 aromatic carbocycles. The van der Waals surface area contributed by atoms with Gasteiger partial charge in [-0.05, 0) is 49.1 Å². The Hall–Kier alpha value is -2.37. The molecular formula is C19H20N2O4. The van der Waals surface area contributed by atoms with Crippen LogP contribution < -0.4 is 5.32 Å². The van der Waals surface area contributed by atoms with Crippen LogP contribution in [0.15, 0.2) is 35.0 Å². The fourth-order valence-electron chi connectivity index (χ4n) is 5.21. The Bertz CT molecular complexity index is 747. The Morgan fingerprint density at radius 3 is 2.44 bits per heavy atom. The van der Waals surface area contributed by atoms with Gasteiger partial charge in [0.2, 0.25) is 17.7 Å². The lowest BCUT2D eigenvalue weighted by Gasteiger charge is -2.37. The van der Waals surface area contributed by atoms with Crippen LogP contribution in [0.2, 0.25) is 0 Å². The minimum atomic E-state index is -0.795. The van der Waals surface area contributed by atoms with Crippen LogP contribution in [-0.4, -0.2) is 28.7 Å². The maximum Gasteiger partial charge on any atom is 0.243 e. The Morgan fingerprint density at radius 1 is 1.24 bits per heavy atom. The van der Waals surface area contributed by atoms with Crippen LogP contribution >= 0.6 is 0 Å². The molecule has 6 rings (SSSR count). The van der Waals surface area contributed by atoms with Crippen LogP contribution in [0, 0.1) is 35.5 Å². The zero-order valence-corrected chi connectivity index (χ0v) is 13.9. The molecule has 0 unspecified atom stereocenters. The lowest BCUT2D eigenvalue weighted by Crippen LogP contribution is -2.48. The summed E-state index contributed by atoms with van der Waals surface area (Å²) in [6, 6.07) is 2.72. The van der Waals surface area contributed by atoms with Crippen molar-refractivity contribution in [1.29, 1.82) is 0 Å². The molecule has 2 saturated carbocycles. The van der Waals surface area contributed by atoms with Crippen molar-refractivity contribution in [2.45, 2.75) is 25.9 Å². The molecule has 5 aliphatic rings. The summed E-state index contributed by atoms with van der Waals surface area (Å²) in [5, 5.41) is 2.75. The average Bonchev–Trinajstić information content (AvgIpc) is 3.21. The maximum absolute atomic E-state index is 13.0. The first-order valence-electron chi connectivity index (χ1n) is 8.93. The Kier molecular flexibility index (Phi) is 3.03. The van der Waals surface area contributed by atoms with E-state index in [2.05, 4.69) is 17.5 Å². The third kappa shape index (κ3) is 2.00. The highest BCUT2D eigenvalue weighted by Gasteiger charge is 2.67. The third-order valence-corrected chi connectivity index (χ3v) is 6.48. The Morgan fingerprint density at radius 2 is 1.88 bits per heavy atom. The van der Waals surface area contributed by atoms with E-state index in [1.165, 1.54) is 11.2 Å². The fourth-order valence-corrected chi connectivity index (χ4v) is 5.21. The highest BCUT2D eigenvalue weighted by molar-refractivity contribution is 6.09. The molecule has 4 aliphatic carbocycles. The molecule has 25 heavy (non-hydrogen) atoms. The van der Waals surface area contributed by atoms with Crippen LogP contribution in [0.3, 0.4) is 0 Å². The molecule has 7 atom stereocenters. The normalized spacial score (nSPS) is 38.5. The number of furan rings is 1. The van der Waals surface area contributed by atoms with Gasteiger partial charge in [-0.15, -0.1) is 0 Å². The number of hydrogen-bond acceptors (Lipinski definition) is 4. The summed E-state index contributed by atoms with van der Waals surface area (Å²) in [5.74, 6) is 0.948. The second kappa shape index (κ2) is 5.07. The van der Waals surface area contributed by atoms with Crippen molar-refractivity contribution in [2.75, 3.05) is 0 Å². The number of hydrogen-bond donors (Lipinski definition) is 1.